The van der Waals surface area contributed by atoms with Gasteiger partial charge in [0.15, 0.2) is 0 Å². The lowest BCUT2D eigenvalue weighted by molar-refractivity contribution is -0.0855. The molecule has 1 saturated carbocycles. The Morgan fingerprint density at radius 2 is 1.85 bits per heavy atom. The molecule has 13 heavy (non-hydrogen) atoms. The van der Waals surface area contributed by atoms with Crippen LogP contribution in [0, 0.1) is 11.8 Å². The molecule has 2 heterocycles. The first-order valence-electron chi connectivity index (χ1n) is 5.52. The summed E-state index contributed by atoms with van der Waals surface area (Å²) in [5.41, 5.74) is 0.751. The van der Waals surface area contributed by atoms with Crippen molar-refractivity contribution < 1.29 is 4.74 Å². The molecule has 0 aromatic rings. The van der Waals surface area contributed by atoms with Gasteiger partial charge in [-0.1, -0.05) is 0 Å². The van der Waals surface area contributed by atoms with E-state index in [9.17, 15) is 0 Å². The van der Waals surface area contributed by atoms with Gasteiger partial charge in [0.2, 0.25) is 0 Å². The van der Waals surface area contributed by atoms with Crippen LogP contribution in [0.1, 0.15) is 25.7 Å². The van der Waals surface area contributed by atoms with Crippen molar-refractivity contribution in [3.05, 3.63) is 6.42 Å². The smallest absolute Gasteiger partial charge is 0.0645 e. The molecular weight excluding hydrogens is 162 g/mol. The Hall–Kier alpha value is -0.0800. The van der Waals surface area contributed by atoms with Crippen molar-refractivity contribution >= 4 is 0 Å². The van der Waals surface area contributed by atoms with Crippen LogP contribution in [0.2, 0.25) is 0 Å². The van der Waals surface area contributed by atoms with Gasteiger partial charge in [-0.3, -0.25) is 4.90 Å². The molecule has 0 unspecified atom stereocenters. The average molecular weight is 180 g/mol. The Labute approximate surface area is 80.2 Å². The second-order valence-electron chi connectivity index (χ2n) is 4.92. The summed E-state index contributed by atoms with van der Waals surface area (Å²) < 4.78 is 5.23. The maximum atomic E-state index is 5.23. The number of nitrogens with zero attached hydrogens (tertiary/aromatic N) is 1. The van der Waals surface area contributed by atoms with E-state index in [1.165, 1.54) is 38.8 Å². The van der Waals surface area contributed by atoms with E-state index in [2.05, 4.69) is 11.3 Å². The Balaban J connectivity index is 1.54. The summed E-state index contributed by atoms with van der Waals surface area (Å²) >= 11 is 0. The van der Waals surface area contributed by atoms with Gasteiger partial charge in [-0.15, -0.1) is 0 Å². The minimum atomic E-state index is 0.751. The van der Waals surface area contributed by atoms with Crippen molar-refractivity contribution in [1.82, 2.24) is 4.90 Å². The highest BCUT2D eigenvalue weighted by Gasteiger charge is 2.41. The van der Waals surface area contributed by atoms with Crippen molar-refractivity contribution in [3.63, 3.8) is 0 Å². The molecule has 0 aromatic carbocycles. The van der Waals surface area contributed by atoms with Crippen LogP contribution in [-0.2, 0) is 4.74 Å². The lowest BCUT2D eigenvalue weighted by atomic mass is 9.63. The van der Waals surface area contributed by atoms with Crippen molar-refractivity contribution in [2.75, 3.05) is 26.3 Å². The predicted molar refractivity (Wildman–Crippen MR) is 51.4 cm³/mol. The lowest BCUT2D eigenvalue weighted by Gasteiger charge is -2.50. The maximum absolute atomic E-state index is 5.23. The molecule has 0 atom stereocenters. The van der Waals surface area contributed by atoms with Gasteiger partial charge in [0, 0.05) is 0 Å². The number of ether oxygens (including phenoxy) is 1. The standard InChI is InChI=1S/C11H18NO/c1-2-11(3-1)4-6-12(7-5-11)10-8-13-9-10/h1,10H,2-9H2. The second kappa shape index (κ2) is 2.96. The van der Waals surface area contributed by atoms with Crippen molar-refractivity contribution in [2.24, 2.45) is 5.41 Å². The first-order valence-corrected chi connectivity index (χ1v) is 5.52. The number of hydrogen-bond donors (Lipinski definition) is 0. The third-order valence-electron chi connectivity index (χ3n) is 4.15. The highest BCUT2D eigenvalue weighted by Crippen LogP contribution is 2.48. The molecule has 2 aliphatic heterocycles. The minimum absolute atomic E-state index is 0.751. The molecule has 2 saturated heterocycles. The van der Waals surface area contributed by atoms with Crippen LogP contribution in [0.4, 0.5) is 0 Å². The summed E-state index contributed by atoms with van der Waals surface area (Å²) in [6.45, 7) is 4.61. The van der Waals surface area contributed by atoms with Crippen molar-refractivity contribution in [3.8, 4) is 0 Å². The molecule has 0 N–H and O–H groups in total. The van der Waals surface area contributed by atoms with Gasteiger partial charge in [0.05, 0.1) is 19.3 Å². The number of hydrogen-bond acceptors (Lipinski definition) is 2. The van der Waals surface area contributed by atoms with E-state index in [4.69, 9.17) is 4.74 Å². The molecule has 2 heteroatoms. The number of piperidine rings is 1. The topological polar surface area (TPSA) is 12.5 Å². The van der Waals surface area contributed by atoms with Crippen LogP contribution in [0.25, 0.3) is 0 Å². The van der Waals surface area contributed by atoms with Crippen molar-refractivity contribution in [1.29, 1.82) is 0 Å². The Kier molecular flexibility index (Phi) is 1.88. The molecule has 1 spiro atoms. The molecule has 3 fully saturated rings. The average Bonchev–Trinajstić information content (AvgIpc) is 2.00. The van der Waals surface area contributed by atoms with Crippen LogP contribution >= 0.6 is 0 Å². The first-order chi connectivity index (χ1) is 6.38. The highest BCUT2D eigenvalue weighted by molar-refractivity contribution is 5.02. The fourth-order valence-electron chi connectivity index (χ4n) is 2.76. The van der Waals surface area contributed by atoms with E-state index < -0.39 is 0 Å². The van der Waals surface area contributed by atoms with Crippen LogP contribution in [0.3, 0.4) is 0 Å². The van der Waals surface area contributed by atoms with Gasteiger partial charge < -0.3 is 4.74 Å². The molecule has 0 aromatic heterocycles. The van der Waals surface area contributed by atoms with E-state index >= 15 is 0 Å². The Morgan fingerprint density at radius 3 is 2.23 bits per heavy atom. The van der Waals surface area contributed by atoms with Crippen LogP contribution in [-0.4, -0.2) is 37.2 Å². The molecule has 1 radical (unpaired) electrons. The van der Waals surface area contributed by atoms with E-state index in [0.29, 0.717) is 0 Å². The molecule has 0 amide bonds. The summed E-state index contributed by atoms with van der Waals surface area (Å²) in [6, 6.07) is 0.765. The first kappa shape index (κ1) is 8.25. The van der Waals surface area contributed by atoms with Crippen LogP contribution < -0.4 is 0 Å². The third-order valence-corrected chi connectivity index (χ3v) is 4.15. The van der Waals surface area contributed by atoms with Gasteiger partial charge in [0.25, 0.3) is 0 Å². The normalized spacial score (nSPS) is 34.2. The predicted octanol–water partition coefficient (Wildman–Crippen LogP) is 1.47. The van der Waals surface area contributed by atoms with Gasteiger partial charge in [0.1, 0.15) is 0 Å². The second-order valence-corrected chi connectivity index (χ2v) is 4.92. The summed E-state index contributed by atoms with van der Waals surface area (Å²) in [5.74, 6) is 0. The highest BCUT2D eigenvalue weighted by atomic mass is 16.5. The van der Waals surface area contributed by atoms with Crippen LogP contribution in [0.5, 0.6) is 0 Å². The van der Waals surface area contributed by atoms with E-state index in [1.54, 1.807) is 0 Å². The van der Waals surface area contributed by atoms with Gasteiger partial charge in [-0.05, 0) is 50.6 Å². The number of rotatable bonds is 1. The molecule has 3 rings (SSSR count). The van der Waals surface area contributed by atoms with Gasteiger partial charge in [-0.25, -0.2) is 0 Å². The summed E-state index contributed by atoms with van der Waals surface area (Å²) in [5, 5.41) is 0. The summed E-state index contributed by atoms with van der Waals surface area (Å²) in [4.78, 5) is 2.63. The molecule has 73 valence electrons. The number of likely N-dealkylation sites (tertiary alicyclic amines) is 1. The molecule has 1 aliphatic carbocycles. The minimum Gasteiger partial charge on any atom is -0.378 e. The van der Waals surface area contributed by atoms with Gasteiger partial charge in [-0.2, -0.15) is 0 Å². The monoisotopic (exact) mass is 180 g/mol. The molecular formula is C11H18NO. The third kappa shape index (κ3) is 1.31. The largest absolute Gasteiger partial charge is 0.378 e. The zero-order valence-corrected chi connectivity index (χ0v) is 8.17. The lowest BCUT2D eigenvalue weighted by Crippen LogP contribution is -2.54. The fraction of sp³-hybridized carbons (Fsp3) is 0.909. The molecule has 2 nitrogen and oxygen atoms in total. The van der Waals surface area contributed by atoms with Crippen LogP contribution in [0.15, 0.2) is 0 Å². The molecule has 0 bridgehead atoms. The summed E-state index contributed by atoms with van der Waals surface area (Å²) in [7, 11) is 0. The summed E-state index contributed by atoms with van der Waals surface area (Å²) in [6.07, 6.45) is 8.09. The quantitative estimate of drug-likeness (QED) is 0.606. The Bertz CT molecular complexity index is 186. The van der Waals surface area contributed by atoms with E-state index in [0.717, 1.165) is 24.7 Å². The molecule has 3 aliphatic rings. The SMILES string of the molecule is [CH]1CC2(C1)CCN(C1COC1)CC2. The van der Waals surface area contributed by atoms with Crippen molar-refractivity contribution in [2.45, 2.75) is 31.7 Å². The maximum Gasteiger partial charge on any atom is 0.0645 e. The zero-order chi connectivity index (χ0) is 8.73. The van der Waals surface area contributed by atoms with E-state index in [-0.39, 0.29) is 0 Å². The van der Waals surface area contributed by atoms with E-state index in [1.807, 2.05) is 0 Å². The zero-order valence-electron chi connectivity index (χ0n) is 8.17. The fourth-order valence-corrected chi connectivity index (χ4v) is 2.76. The Morgan fingerprint density at radius 1 is 1.15 bits per heavy atom. The van der Waals surface area contributed by atoms with Gasteiger partial charge >= 0.3 is 0 Å².